The first-order valence-corrected chi connectivity index (χ1v) is 10.4. The van der Waals surface area contributed by atoms with Gasteiger partial charge in [0.2, 0.25) is 10.0 Å². The first-order valence-electron chi connectivity index (χ1n) is 9.00. The highest BCUT2D eigenvalue weighted by molar-refractivity contribution is 7.89. The molecule has 0 atom stereocenters. The van der Waals surface area contributed by atoms with Gasteiger partial charge in [0.05, 0.1) is 18.0 Å². The monoisotopic (exact) mass is 359 g/mol. The van der Waals surface area contributed by atoms with E-state index in [9.17, 15) is 8.42 Å². The van der Waals surface area contributed by atoms with Crippen LogP contribution in [0.5, 0.6) is 0 Å². The maximum Gasteiger partial charge on any atom is 0.244 e. The fourth-order valence-electron chi connectivity index (χ4n) is 2.08. The molecule has 1 aromatic carbocycles. The van der Waals surface area contributed by atoms with E-state index in [1.807, 2.05) is 19.1 Å². The number of rotatable bonds is 8. The minimum atomic E-state index is -3.57. The molecule has 0 saturated heterocycles. The highest BCUT2D eigenvalue weighted by atomic mass is 32.2. The normalized spacial score (nSPS) is 10.7. The summed E-state index contributed by atoms with van der Waals surface area (Å²) in [7, 11) is -3.57. The van der Waals surface area contributed by atoms with Gasteiger partial charge < -0.3 is 0 Å². The van der Waals surface area contributed by atoms with E-state index in [1.54, 1.807) is 12.1 Å². The van der Waals surface area contributed by atoms with Crippen LogP contribution in [0, 0.1) is 30.6 Å². The molecule has 0 heterocycles. The summed E-state index contributed by atoms with van der Waals surface area (Å²) < 4.78 is 27.1. The summed E-state index contributed by atoms with van der Waals surface area (Å²) in [6.45, 7) is 6.53. The van der Waals surface area contributed by atoms with Crippen LogP contribution in [0.1, 0.15) is 57.9 Å². The topological polar surface area (TPSA) is 37.4 Å². The summed E-state index contributed by atoms with van der Waals surface area (Å²) in [5.41, 5.74) is 1.03. The third kappa shape index (κ3) is 7.78. The van der Waals surface area contributed by atoms with E-state index in [2.05, 4.69) is 37.5 Å². The van der Waals surface area contributed by atoms with Crippen molar-refractivity contribution in [3.8, 4) is 23.7 Å². The van der Waals surface area contributed by atoms with Crippen molar-refractivity contribution in [1.29, 1.82) is 0 Å². The molecule has 1 aromatic rings. The molecule has 0 aromatic heterocycles. The van der Waals surface area contributed by atoms with Crippen LogP contribution in [0.3, 0.4) is 0 Å². The average Bonchev–Trinajstić information content (AvgIpc) is 2.59. The van der Waals surface area contributed by atoms with Crippen LogP contribution in [0.2, 0.25) is 0 Å². The molecule has 1 rings (SSSR count). The lowest BCUT2D eigenvalue weighted by atomic mass is 10.2. The molecule has 0 amide bonds. The first kappa shape index (κ1) is 21.3. The number of aryl methyl sites for hydroxylation is 1. The van der Waals surface area contributed by atoms with E-state index >= 15 is 0 Å². The standard InChI is InChI=1S/C21H29NO2S/c1-4-6-8-10-12-18-22(19-13-11-9-7-5-2)25(23,24)21-16-14-20(3)15-17-21/h14-17H,4-9,18-19H2,1-3H3. The second kappa shape index (κ2) is 11.7. The molecule has 0 radical (unpaired) electrons. The predicted octanol–water partition coefficient (Wildman–Crippen LogP) is 4.37. The molecule has 4 heteroatoms. The molecule has 0 fully saturated rings. The Morgan fingerprint density at radius 3 is 1.76 bits per heavy atom. The molecule has 3 nitrogen and oxygen atoms in total. The lowest BCUT2D eigenvalue weighted by Crippen LogP contribution is -2.32. The van der Waals surface area contributed by atoms with Gasteiger partial charge in [-0.3, -0.25) is 0 Å². The Bertz CT molecular complexity index is 700. The van der Waals surface area contributed by atoms with Crippen molar-refractivity contribution in [1.82, 2.24) is 4.31 Å². The molecule has 136 valence electrons. The molecule has 0 aliphatic heterocycles. The number of sulfonamides is 1. The summed E-state index contributed by atoms with van der Waals surface area (Å²) in [5.74, 6) is 12.1. The minimum Gasteiger partial charge on any atom is -0.207 e. The van der Waals surface area contributed by atoms with Crippen molar-refractivity contribution in [2.24, 2.45) is 0 Å². The zero-order chi connectivity index (χ0) is 18.5. The van der Waals surface area contributed by atoms with Crippen LogP contribution in [-0.2, 0) is 10.0 Å². The summed E-state index contributed by atoms with van der Waals surface area (Å²) in [5, 5.41) is 0. The lowest BCUT2D eigenvalue weighted by molar-refractivity contribution is 0.482. The van der Waals surface area contributed by atoms with Crippen LogP contribution < -0.4 is 0 Å². The molecule has 0 spiro atoms. The van der Waals surface area contributed by atoms with Gasteiger partial charge in [-0.05, 0) is 31.9 Å². The van der Waals surface area contributed by atoms with Gasteiger partial charge in [-0.2, -0.15) is 4.31 Å². The van der Waals surface area contributed by atoms with E-state index in [1.165, 1.54) is 4.31 Å². The highest BCUT2D eigenvalue weighted by Crippen LogP contribution is 2.15. The molecule has 0 unspecified atom stereocenters. The third-order valence-electron chi connectivity index (χ3n) is 3.73. The maximum absolute atomic E-state index is 12.9. The maximum atomic E-state index is 12.9. The average molecular weight is 360 g/mol. The van der Waals surface area contributed by atoms with Crippen molar-refractivity contribution in [3.63, 3.8) is 0 Å². The van der Waals surface area contributed by atoms with E-state index < -0.39 is 10.0 Å². The zero-order valence-electron chi connectivity index (χ0n) is 15.6. The van der Waals surface area contributed by atoms with Gasteiger partial charge in [0.15, 0.2) is 0 Å². The SMILES string of the molecule is CCCCC#CCN(CC#CCCCC)S(=O)(=O)c1ccc(C)cc1. The number of unbranched alkanes of at least 4 members (excludes halogenated alkanes) is 4. The van der Waals surface area contributed by atoms with Gasteiger partial charge >= 0.3 is 0 Å². The molecule has 0 bridgehead atoms. The second-order valence-electron chi connectivity index (χ2n) is 6.00. The van der Waals surface area contributed by atoms with Gasteiger partial charge in [-0.1, -0.05) is 56.2 Å². The Balaban J connectivity index is 2.91. The number of hydrogen-bond acceptors (Lipinski definition) is 2. The van der Waals surface area contributed by atoms with Crippen molar-refractivity contribution in [2.45, 2.75) is 64.2 Å². The highest BCUT2D eigenvalue weighted by Gasteiger charge is 2.22. The van der Waals surface area contributed by atoms with Crippen LogP contribution in [0.4, 0.5) is 0 Å². The van der Waals surface area contributed by atoms with Crippen LogP contribution in [0.25, 0.3) is 0 Å². The van der Waals surface area contributed by atoms with Crippen LogP contribution in [-0.4, -0.2) is 25.8 Å². The summed E-state index contributed by atoms with van der Waals surface area (Å²) in [6, 6.07) is 6.91. The van der Waals surface area contributed by atoms with Gasteiger partial charge in [0.25, 0.3) is 0 Å². The Morgan fingerprint density at radius 1 is 0.840 bits per heavy atom. The van der Waals surface area contributed by atoms with Crippen molar-refractivity contribution < 1.29 is 8.42 Å². The molecule has 0 saturated carbocycles. The number of benzene rings is 1. The largest absolute Gasteiger partial charge is 0.244 e. The van der Waals surface area contributed by atoms with Crippen LogP contribution >= 0.6 is 0 Å². The minimum absolute atomic E-state index is 0.183. The molecule has 25 heavy (non-hydrogen) atoms. The Labute approximate surface area is 153 Å². The van der Waals surface area contributed by atoms with Crippen molar-refractivity contribution in [3.05, 3.63) is 29.8 Å². The molecular weight excluding hydrogens is 330 g/mol. The molecule has 0 aliphatic rings. The molecule has 0 aliphatic carbocycles. The van der Waals surface area contributed by atoms with Gasteiger partial charge in [-0.15, -0.1) is 11.8 Å². The van der Waals surface area contributed by atoms with Crippen molar-refractivity contribution >= 4 is 10.0 Å². The quantitative estimate of drug-likeness (QED) is 0.510. The van der Waals surface area contributed by atoms with E-state index in [4.69, 9.17) is 0 Å². The van der Waals surface area contributed by atoms with Gasteiger partial charge in [0, 0.05) is 12.8 Å². The predicted molar refractivity (Wildman–Crippen MR) is 105 cm³/mol. The number of nitrogens with zero attached hydrogens (tertiary/aromatic N) is 1. The smallest absolute Gasteiger partial charge is 0.207 e. The second-order valence-corrected chi connectivity index (χ2v) is 7.94. The van der Waals surface area contributed by atoms with E-state index in [0.717, 1.165) is 44.1 Å². The zero-order valence-corrected chi connectivity index (χ0v) is 16.5. The fraction of sp³-hybridized carbons (Fsp3) is 0.524. The van der Waals surface area contributed by atoms with Crippen molar-refractivity contribution in [2.75, 3.05) is 13.1 Å². The molecule has 0 N–H and O–H groups in total. The van der Waals surface area contributed by atoms with E-state index in [0.29, 0.717) is 4.90 Å². The Kier molecular flexibility index (Phi) is 10.0. The lowest BCUT2D eigenvalue weighted by Gasteiger charge is -2.17. The van der Waals surface area contributed by atoms with Gasteiger partial charge in [0.1, 0.15) is 0 Å². The summed E-state index contributed by atoms with van der Waals surface area (Å²) in [6.07, 6.45) is 5.85. The third-order valence-corrected chi connectivity index (χ3v) is 5.54. The number of hydrogen-bond donors (Lipinski definition) is 0. The molecular formula is C21H29NO2S. The fourth-order valence-corrected chi connectivity index (χ4v) is 3.33. The van der Waals surface area contributed by atoms with Crippen LogP contribution in [0.15, 0.2) is 29.2 Å². The van der Waals surface area contributed by atoms with E-state index in [-0.39, 0.29) is 13.1 Å². The Morgan fingerprint density at radius 2 is 1.32 bits per heavy atom. The van der Waals surface area contributed by atoms with Gasteiger partial charge in [-0.25, -0.2) is 8.42 Å². The summed E-state index contributed by atoms with van der Waals surface area (Å²) >= 11 is 0. The Hall–Kier alpha value is -1.75. The first-order chi connectivity index (χ1) is 12.0. The summed E-state index contributed by atoms with van der Waals surface area (Å²) in [4.78, 5) is 0.295.